The maximum atomic E-state index is 12.0. The van der Waals surface area contributed by atoms with Crippen molar-refractivity contribution in [3.8, 4) is 22.6 Å². The van der Waals surface area contributed by atoms with Crippen LogP contribution in [-0.2, 0) is 0 Å². The summed E-state index contributed by atoms with van der Waals surface area (Å²) < 4.78 is 1.78. The molecule has 2 bridgehead atoms. The van der Waals surface area contributed by atoms with Crippen molar-refractivity contribution in [2.75, 3.05) is 5.73 Å². The number of nitrogens with one attached hydrogen (secondary N) is 1. The molecule has 1 unspecified atom stereocenters. The van der Waals surface area contributed by atoms with Crippen LogP contribution in [0.5, 0.6) is 0 Å². The molecule has 0 aromatic carbocycles. The third-order valence-corrected chi connectivity index (χ3v) is 7.93. The molecule has 0 spiro atoms. The quantitative estimate of drug-likeness (QED) is 0.418. The molecule has 2 saturated heterocycles. The van der Waals surface area contributed by atoms with Crippen molar-refractivity contribution in [2.24, 2.45) is 5.73 Å². The van der Waals surface area contributed by atoms with Crippen LogP contribution in [0.3, 0.4) is 0 Å². The average Bonchev–Trinajstić information content (AvgIpc) is 3.25. The Morgan fingerprint density at radius 3 is 2.46 bits per heavy atom. The van der Waals surface area contributed by atoms with Gasteiger partial charge in [-0.05, 0) is 50.5 Å². The van der Waals surface area contributed by atoms with Crippen molar-refractivity contribution in [2.45, 2.75) is 62.4 Å². The molecular formula is C25H27N9O. The zero-order chi connectivity index (χ0) is 23.7. The van der Waals surface area contributed by atoms with E-state index in [9.17, 15) is 4.79 Å². The predicted molar refractivity (Wildman–Crippen MR) is 130 cm³/mol. The summed E-state index contributed by atoms with van der Waals surface area (Å²) >= 11 is 0. The molecule has 1 aliphatic carbocycles. The summed E-state index contributed by atoms with van der Waals surface area (Å²) in [6.07, 6.45) is 13.2. The van der Waals surface area contributed by atoms with Gasteiger partial charge in [-0.3, -0.25) is 4.98 Å². The van der Waals surface area contributed by atoms with Crippen molar-refractivity contribution in [1.29, 1.82) is 0 Å². The third-order valence-electron chi connectivity index (χ3n) is 7.93. The number of nitrogen functional groups attached to an aromatic ring is 1. The Bertz CT molecular complexity index is 1410. The first kappa shape index (κ1) is 20.4. The van der Waals surface area contributed by atoms with Crippen molar-refractivity contribution >= 4 is 17.5 Å². The minimum Gasteiger partial charge on any atom is -0.383 e. The number of rotatable bonds is 4. The number of pyridine rings is 1. The molecule has 4 aromatic heterocycles. The Labute approximate surface area is 201 Å². The van der Waals surface area contributed by atoms with Crippen LogP contribution >= 0.6 is 0 Å². The number of anilines is 1. The van der Waals surface area contributed by atoms with Gasteiger partial charge < -0.3 is 21.4 Å². The predicted octanol–water partition coefficient (Wildman–Crippen LogP) is 3.43. The number of aromatic nitrogens is 6. The van der Waals surface area contributed by atoms with Gasteiger partial charge in [0.05, 0.1) is 11.9 Å². The van der Waals surface area contributed by atoms with E-state index in [2.05, 4.69) is 20.1 Å². The molecule has 2 amide bonds. The van der Waals surface area contributed by atoms with Crippen LogP contribution in [-0.4, -0.2) is 52.6 Å². The number of nitrogens with two attached hydrogens (primary N) is 2. The molecule has 5 N–H and O–H groups in total. The van der Waals surface area contributed by atoms with Crippen molar-refractivity contribution < 1.29 is 4.79 Å². The van der Waals surface area contributed by atoms with Crippen LogP contribution in [0.25, 0.3) is 28.3 Å². The van der Waals surface area contributed by atoms with Gasteiger partial charge in [0.25, 0.3) is 0 Å². The molecule has 6 heterocycles. The Morgan fingerprint density at radius 2 is 1.83 bits per heavy atom. The Morgan fingerprint density at radius 1 is 1.03 bits per heavy atom. The van der Waals surface area contributed by atoms with Crippen molar-refractivity contribution in [1.82, 2.24) is 34.4 Å². The largest absolute Gasteiger partial charge is 0.383 e. The van der Waals surface area contributed by atoms with Crippen molar-refractivity contribution in [3.63, 3.8) is 0 Å². The van der Waals surface area contributed by atoms with Crippen LogP contribution < -0.4 is 11.5 Å². The fourth-order valence-corrected chi connectivity index (χ4v) is 6.21. The molecule has 2 aliphatic heterocycles. The fraction of sp³-hybridized carbons (Fsp3) is 0.400. The fourth-order valence-electron chi connectivity index (χ4n) is 6.21. The number of hydrogen-bond acceptors (Lipinski definition) is 6. The highest BCUT2D eigenvalue weighted by Gasteiger charge is 2.45. The average molecular weight is 470 g/mol. The highest BCUT2D eigenvalue weighted by Crippen LogP contribution is 2.50. The number of H-pyrrole nitrogens is 1. The maximum Gasteiger partial charge on any atom is 0.315 e. The second-order valence-electron chi connectivity index (χ2n) is 10.0. The molecule has 10 nitrogen and oxygen atoms in total. The van der Waals surface area contributed by atoms with Gasteiger partial charge in [-0.25, -0.2) is 14.8 Å². The summed E-state index contributed by atoms with van der Waals surface area (Å²) in [5.74, 6) is 2.11. The van der Waals surface area contributed by atoms with Gasteiger partial charge in [0.1, 0.15) is 11.5 Å². The first-order valence-corrected chi connectivity index (χ1v) is 12.3. The summed E-state index contributed by atoms with van der Waals surface area (Å²) in [4.78, 5) is 31.1. The number of carbonyl (C=O) groups excluding carboxylic acids is 1. The Hall–Kier alpha value is -3.95. The zero-order valence-corrected chi connectivity index (χ0v) is 19.3. The first-order chi connectivity index (χ1) is 17.1. The van der Waals surface area contributed by atoms with E-state index in [1.165, 1.54) is 0 Å². The Balaban J connectivity index is 1.31. The summed E-state index contributed by atoms with van der Waals surface area (Å²) in [5.41, 5.74) is 18.0. The highest BCUT2D eigenvalue weighted by molar-refractivity contribution is 5.79. The maximum absolute atomic E-state index is 12.0. The van der Waals surface area contributed by atoms with Crippen LogP contribution in [0.15, 0.2) is 36.9 Å². The number of hydrogen-bond donors (Lipinski definition) is 3. The minimum atomic E-state index is -0.301. The van der Waals surface area contributed by atoms with E-state index in [-0.39, 0.29) is 24.0 Å². The molecule has 0 radical (unpaired) electrons. The molecule has 10 heteroatoms. The number of fused-ring (bicyclic) bond motifs is 3. The third kappa shape index (κ3) is 3.19. The number of urea groups is 1. The summed E-state index contributed by atoms with van der Waals surface area (Å²) in [7, 11) is 0. The number of amides is 2. The molecule has 4 aromatic rings. The lowest BCUT2D eigenvalue weighted by molar-refractivity contribution is 0.145. The van der Waals surface area contributed by atoms with Gasteiger partial charge >= 0.3 is 6.03 Å². The SMILES string of the molecule is NC(=O)N1C2CC[C@H]1C[C@@H](c1nc3c(-c4ccc(-c5ncc[nH]5)nc4)cnn3c(N)c1C1CC1)C2. The normalized spacial score (nSPS) is 23.8. The summed E-state index contributed by atoms with van der Waals surface area (Å²) in [6, 6.07) is 4.03. The number of aromatic amines is 1. The van der Waals surface area contributed by atoms with Gasteiger partial charge in [0.15, 0.2) is 11.5 Å². The van der Waals surface area contributed by atoms with Crippen LogP contribution in [0, 0.1) is 0 Å². The number of imidazole rings is 1. The molecule has 35 heavy (non-hydrogen) atoms. The molecule has 3 aliphatic rings. The highest BCUT2D eigenvalue weighted by atomic mass is 16.2. The van der Waals surface area contributed by atoms with Gasteiger partial charge in [0, 0.05) is 53.3 Å². The van der Waals surface area contributed by atoms with Crippen molar-refractivity contribution in [3.05, 3.63) is 48.2 Å². The summed E-state index contributed by atoms with van der Waals surface area (Å²) in [5, 5.41) is 4.61. The standard InChI is InChI=1S/C25H27N9O/c26-22-20(13-1-2-13)21(15-9-16-4-5-17(10-15)33(16)25(27)35)32-24-18(12-31-34(22)24)14-3-6-19(30-11-14)23-28-7-8-29-23/h3,6-8,11-13,15-17H,1-2,4-5,9-10,26H2,(H2,27,35)(H,28,29)/t15-,16+,17?/m1/s1. The monoisotopic (exact) mass is 469 g/mol. The number of piperidine rings is 1. The van der Waals surface area contributed by atoms with E-state index in [0.717, 1.165) is 78.1 Å². The van der Waals surface area contributed by atoms with Crippen LogP contribution in [0.2, 0.25) is 0 Å². The lowest BCUT2D eigenvalue weighted by Gasteiger charge is -2.38. The van der Waals surface area contributed by atoms with Crippen LogP contribution in [0.1, 0.15) is 61.6 Å². The lowest BCUT2D eigenvalue weighted by Crippen LogP contribution is -2.48. The number of carbonyl (C=O) groups is 1. The first-order valence-electron chi connectivity index (χ1n) is 12.3. The summed E-state index contributed by atoms with van der Waals surface area (Å²) in [6.45, 7) is 0. The van der Waals surface area contributed by atoms with Gasteiger partial charge in [0.2, 0.25) is 0 Å². The van der Waals surface area contributed by atoms with E-state index in [0.29, 0.717) is 11.7 Å². The minimum absolute atomic E-state index is 0.185. The second kappa shape index (κ2) is 7.53. The number of nitrogens with zero attached hydrogens (tertiary/aromatic N) is 6. The zero-order valence-electron chi connectivity index (χ0n) is 19.3. The van der Waals surface area contributed by atoms with Gasteiger partial charge in [-0.2, -0.15) is 9.61 Å². The molecule has 7 rings (SSSR count). The second-order valence-corrected chi connectivity index (χ2v) is 10.0. The van der Waals surface area contributed by atoms with E-state index in [1.807, 2.05) is 29.4 Å². The molecule has 3 atom stereocenters. The van der Waals surface area contributed by atoms with E-state index in [1.54, 1.807) is 16.9 Å². The smallest absolute Gasteiger partial charge is 0.315 e. The van der Waals surface area contributed by atoms with Crippen LogP contribution in [0.4, 0.5) is 10.6 Å². The molecular weight excluding hydrogens is 442 g/mol. The Kier molecular flexibility index (Phi) is 4.39. The van der Waals surface area contributed by atoms with E-state index < -0.39 is 0 Å². The van der Waals surface area contributed by atoms with Gasteiger partial charge in [-0.15, -0.1) is 0 Å². The molecule has 1 saturated carbocycles. The van der Waals surface area contributed by atoms with E-state index >= 15 is 0 Å². The number of primary amides is 1. The topological polar surface area (TPSA) is 144 Å². The molecule has 3 fully saturated rings. The van der Waals surface area contributed by atoms with Gasteiger partial charge in [-0.1, -0.05) is 6.07 Å². The lowest BCUT2D eigenvalue weighted by atomic mass is 9.85. The van der Waals surface area contributed by atoms with E-state index in [4.69, 9.17) is 16.5 Å². The molecule has 178 valence electrons.